The van der Waals surface area contributed by atoms with Gasteiger partial charge in [0.2, 0.25) is 5.95 Å². The van der Waals surface area contributed by atoms with Crippen molar-refractivity contribution in [3.05, 3.63) is 60.4 Å². The Kier molecular flexibility index (Phi) is 5.09. The molecule has 10 nitrogen and oxygen atoms in total. The number of nitrogens with zero attached hydrogens (tertiary/aromatic N) is 6. The quantitative estimate of drug-likeness (QED) is 0.481. The van der Waals surface area contributed by atoms with Crippen molar-refractivity contribution in [3.63, 3.8) is 0 Å². The second kappa shape index (κ2) is 8.16. The minimum Gasteiger partial charge on any atom is -0.490 e. The van der Waals surface area contributed by atoms with Crippen LogP contribution in [0.4, 0.5) is 5.95 Å². The lowest BCUT2D eigenvalue weighted by molar-refractivity contribution is 0.315. The van der Waals surface area contributed by atoms with E-state index in [0.717, 1.165) is 11.3 Å². The maximum atomic E-state index is 5.95. The minimum atomic E-state index is 0.250. The van der Waals surface area contributed by atoms with Crippen LogP contribution in [-0.4, -0.2) is 42.0 Å². The Bertz CT molecular complexity index is 1020. The SMILES string of the molecule is CCOc1cc(CNc2ncn[nH]2)ccc1Oc1nnnn1-c1ccccc1. The Morgan fingerprint density at radius 3 is 2.79 bits per heavy atom. The molecule has 10 heteroatoms. The predicted molar refractivity (Wildman–Crippen MR) is 101 cm³/mol. The Balaban J connectivity index is 1.55. The number of benzene rings is 2. The zero-order chi connectivity index (χ0) is 19.2. The van der Waals surface area contributed by atoms with E-state index in [4.69, 9.17) is 9.47 Å². The highest BCUT2D eigenvalue weighted by Crippen LogP contribution is 2.32. The molecule has 0 spiro atoms. The molecule has 2 aromatic carbocycles. The molecule has 0 aliphatic rings. The average Bonchev–Trinajstić information content (AvgIpc) is 3.41. The predicted octanol–water partition coefficient (Wildman–Crippen LogP) is 2.58. The Hall–Kier alpha value is -3.95. The van der Waals surface area contributed by atoms with Crippen LogP contribution in [0.2, 0.25) is 0 Å². The van der Waals surface area contributed by atoms with Crippen molar-refractivity contribution in [1.82, 2.24) is 35.4 Å². The number of nitrogens with one attached hydrogen (secondary N) is 2. The van der Waals surface area contributed by atoms with Crippen LogP contribution in [0.1, 0.15) is 12.5 Å². The maximum Gasteiger partial charge on any atom is 0.346 e. The number of rotatable bonds is 8. The highest BCUT2D eigenvalue weighted by molar-refractivity contribution is 5.45. The van der Waals surface area contributed by atoms with Crippen LogP contribution in [0.25, 0.3) is 5.69 Å². The van der Waals surface area contributed by atoms with Crippen LogP contribution in [0.15, 0.2) is 54.9 Å². The van der Waals surface area contributed by atoms with E-state index in [0.29, 0.717) is 30.6 Å². The van der Waals surface area contributed by atoms with Gasteiger partial charge in [0, 0.05) is 6.54 Å². The summed E-state index contributed by atoms with van der Waals surface area (Å²) in [5, 5.41) is 21.4. The number of H-pyrrole nitrogens is 1. The smallest absolute Gasteiger partial charge is 0.346 e. The van der Waals surface area contributed by atoms with E-state index in [-0.39, 0.29) is 6.01 Å². The first-order valence-corrected chi connectivity index (χ1v) is 8.70. The average molecular weight is 378 g/mol. The van der Waals surface area contributed by atoms with Gasteiger partial charge in [0.1, 0.15) is 6.33 Å². The molecule has 0 unspecified atom stereocenters. The second-order valence-electron chi connectivity index (χ2n) is 5.71. The molecule has 0 radical (unpaired) electrons. The van der Waals surface area contributed by atoms with E-state index >= 15 is 0 Å². The standard InChI is InChI=1S/C18H18N8O2/c1-2-27-16-10-13(11-19-17-20-12-21-22-17)8-9-15(16)28-18-23-24-25-26(18)14-6-4-3-5-7-14/h3-10,12H,2,11H2,1H3,(H2,19,20,21,22). The number of tetrazole rings is 1. The van der Waals surface area contributed by atoms with Gasteiger partial charge in [0.05, 0.1) is 12.3 Å². The third-order valence-corrected chi connectivity index (χ3v) is 3.83. The molecular formula is C18H18N8O2. The number of ether oxygens (including phenoxy) is 2. The molecule has 0 saturated heterocycles. The zero-order valence-corrected chi connectivity index (χ0v) is 15.1. The van der Waals surface area contributed by atoms with Gasteiger partial charge in [0.15, 0.2) is 11.5 Å². The van der Waals surface area contributed by atoms with Crippen molar-refractivity contribution in [1.29, 1.82) is 0 Å². The van der Waals surface area contributed by atoms with Crippen molar-refractivity contribution in [2.45, 2.75) is 13.5 Å². The van der Waals surface area contributed by atoms with Crippen molar-refractivity contribution < 1.29 is 9.47 Å². The molecule has 0 aliphatic heterocycles. The Labute approximate surface area is 160 Å². The van der Waals surface area contributed by atoms with Crippen molar-refractivity contribution in [2.24, 2.45) is 0 Å². The first-order valence-electron chi connectivity index (χ1n) is 8.70. The lowest BCUT2D eigenvalue weighted by Crippen LogP contribution is -2.04. The van der Waals surface area contributed by atoms with Crippen LogP contribution in [0.3, 0.4) is 0 Å². The van der Waals surface area contributed by atoms with Gasteiger partial charge in [0.25, 0.3) is 0 Å². The number of hydrogen-bond donors (Lipinski definition) is 2. The molecule has 0 atom stereocenters. The van der Waals surface area contributed by atoms with Gasteiger partial charge in [-0.15, -0.1) is 0 Å². The second-order valence-corrected chi connectivity index (χ2v) is 5.71. The summed E-state index contributed by atoms with van der Waals surface area (Å²) in [5.74, 6) is 1.72. The molecule has 142 valence electrons. The monoisotopic (exact) mass is 378 g/mol. The molecule has 2 N–H and O–H groups in total. The largest absolute Gasteiger partial charge is 0.490 e. The summed E-state index contributed by atoms with van der Waals surface area (Å²) in [6.45, 7) is 2.97. The molecule has 2 heterocycles. The molecule has 0 aliphatic carbocycles. The van der Waals surface area contributed by atoms with Gasteiger partial charge >= 0.3 is 6.01 Å². The van der Waals surface area contributed by atoms with Gasteiger partial charge in [-0.2, -0.15) is 9.78 Å². The number of aromatic amines is 1. The minimum absolute atomic E-state index is 0.250. The van der Waals surface area contributed by atoms with Crippen molar-refractivity contribution >= 4 is 5.95 Å². The van der Waals surface area contributed by atoms with Crippen LogP contribution in [0, 0.1) is 0 Å². The molecule has 0 amide bonds. The van der Waals surface area contributed by atoms with Crippen molar-refractivity contribution in [3.8, 4) is 23.2 Å². The third-order valence-electron chi connectivity index (χ3n) is 3.83. The van der Waals surface area contributed by atoms with Gasteiger partial charge in [-0.05, 0) is 47.2 Å². The molecule has 0 saturated carbocycles. The topological polar surface area (TPSA) is 116 Å². The first-order chi connectivity index (χ1) is 13.8. The summed E-state index contributed by atoms with van der Waals surface area (Å²) in [7, 11) is 0. The van der Waals surface area contributed by atoms with E-state index < -0.39 is 0 Å². The van der Waals surface area contributed by atoms with E-state index in [1.807, 2.05) is 55.5 Å². The van der Waals surface area contributed by atoms with Gasteiger partial charge < -0.3 is 14.8 Å². The maximum absolute atomic E-state index is 5.95. The molecule has 0 bridgehead atoms. The molecule has 4 aromatic rings. The van der Waals surface area contributed by atoms with Crippen LogP contribution >= 0.6 is 0 Å². The molecule has 0 fully saturated rings. The third kappa shape index (κ3) is 3.90. The summed E-state index contributed by atoms with van der Waals surface area (Å²) >= 11 is 0. The number of anilines is 1. The number of hydrogen-bond acceptors (Lipinski definition) is 8. The zero-order valence-electron chi connectivity index (χ0n) is 15.1. The van der Waals surface area contributed by atoms with Gasteiger partial charge in [-0.25, -0.2) is 10.1 Å². The Morgan fingerprint density at radius 1 is 1.11 bits per heavy atom. The van der Waals surface area contributed by atoms with Crippen molar-refractivity contribution in [2.75, 3.05) is 11.9 Å². The first kappa shape index (κ1) is 17.5. The Morgan fingerprint density at radius 2 is 2.00 bits per heavy atom. The molecule has 4 rings (SSSR count). The lowest BCUT2D eigenvalue weighted by Gasteiger charge is -2.13. The molecule has 28 heavy (non-hydrogen) atoms. The summed E-state index contributed by atoms with van der Waals surface area (Å²) in [5.41, 5.74) is 1.79. The fourth-order valence-corrected chi connectivity index (χ4v) is 2.56. The summed E-state index contributed by atoms with van der Waals surface area (Å²) < 4.78 is 13.2. The fourth-order valence-electron chi connectivity index (χ4n) is 2.56. The summed E-state index contributed by atoms with van der Waals surface area (Å²) in [6.07, 6.45) is 1.45. The number of para-hydroxylation sites is 1. The fraction of sp³-hybridized carbons (Fsp3) is 0.167. The molecule has 2 aromatic heterocycles. The highest BCUT2D eigenvalue weighted by atomic mass is 16.5. The van der Waals surface area contributed by atoms with Gasteiger partial charge in [-0.3, -0.25) is 0 Å². The lowest BCUT2D eigenvalue weighted by atomic mass is 10.2. The summed E-state index contributed by atoms with van der Waals surface area (Å²) in [4.78, 5) is 4.04. The van der Waals surface area contributed by atoms with E-state index in [1.165, 1.54) is 11.0 Å². The molecular weight excluding hydrogens is 360 g/mol. The van der Waals surface area contributed by atoms with Gasteiger partial charge in [-0.1, -0.05) is 29.4 Å². The normalized spacial score (nSPS) is 10.6. The summed E-state index contributed by atoms with van der Waals surface area (Å²) in [6, 6.07) is 15.4. The van der Waals surface area contributed by atoms with E-state index in [2.05, 4.69) is 36.0 Å². The van der Waals surface area contributed by atoms with Crippen LogP contribution in [0.5, 0.6) is 17.5 Å². The van der Waals surface area contributed by atoms with E-state index in [1.54, 1.807) is 0 Å². The number of aromatic nitrogens is 7. The van der Waals surface area contributed by atoms with E-state index in [9.17, 15) is 0 Å². The van der Waals surface area contributed by atoms with Crippen LogP contribution in [-0.2, 0) is 6.54 Å². The highest BCUT2D eigenvalue weighted by Gasteiger charge is 2.14. The van der Waals surface area contributed by atoms with Crippen LogP contribution < -0.4 is 14.8 Å².